The SMILES string of the molecule is C#CC(=O)N(c1cccc(CF)c1)C1(C(N)=O)CCOCC1. The van der Waals surface area contributed by atoms with Crippen LogP contribution in [0.5, 0.6) is 0 Å². The summed E-state index contributed by atoms with van der Waals surface area (Å²) in [4.78, 5) is 25.6. The third kappa shape index (κ3) is 2.81. The predicted molar refractivity (Wildman–Crippen MR) is 79.6 cm³/mol. The summed E-state index contributed by atoms with van der Waals surface area (Å²) in [6.07, 6.45) is 5.74. The Balaban J connectivity index is 2.55. The molecule has 1 aliphatic rings. The normalized spacial score (nSPS) is 16.5. The zero-order valence-corrected chi connectivity index (χ0v) is 12.0. The van der Waals surface area contributed by atoms with Crippen LogP contribution in [0.15, 0.2) is 24.3 Å². The summed E-state index contributed by atoms with van der Waals surface area (Å²) >= 11 is 0. The molecule has 6 heteroatoms. The Labute approximate surface area is 128 Å². The third-order valence-electron chi connectivity index (χ3n) is 3.86. The van der Waals surface area contributed by atoms with Crippen molar-refractivity contribution >= 4 is 17.5 Å². The molecule has 1 aromatic rings. The largest absolute Gasteiger partial charge is 0.381 e. The number of carbonyl (C=O) groups excluding carboxylic acids is 2. The molecule has 1 fully saturated rings. The van der Waals surface area contributed by atoms with Gasteiger partial charge in [0.15, 0.2) is 0 Å². The van der Waals surface area contributed by atoms with Gasteiger partial charge in [0.25, 0.3) is 0 Å². The fraction of sp³-hybridized carbons (Fsp3) is 0.375. The lowest BCUT2D eigenvalue weighted by Gasteiger charge is -2.43. The Bertz CT molecular complexity index is 618. The number of ether oxygens (including phenoxy) is 1. The van der Waals surface area contributed by atoms with Gasteiger partial charge >= 0.3 is 5.91 Å². The van der Waals surface area contributed by atoms with Crippen molar-refractivity contribution in [2.24, 2.45) is 5.73 Å². The van der Waals surface area contributed by atoms with Gasteiger partial charge in [0.2, 0.25) is 5.91 Å². The fourth-order valence-electron chi connectivity index (χ4n) is 2.69. The van der Waals surface area contributed by atoms with Crippen LogP contribution in [0.1, 0.15) is 18.4 Å². The van der Waals surface area contributed by atoms with Gasteiger partial charge in [0.05, 0.1) is 0 Å². The number of alkyl halides is 1. The zero-order valence-electron chi connectivity index (χ0n) is 12.0. The number of terminal acetylenes is 1. The molecule has 0 aliphatic carbocycles. The van der Waals surface area contributed by atoms with Crippen molar-refractivity contribution in [1.82, 2.24) is 0 Å². The lowest BCUT2D eigenvalue weighted by molar-refractivity contribution is -0.130. The molecule has 1 saturated heterocycles. The Morgan fingerprint density at radius 2 is 2.09 bits per heavy atom. The lowest BCUT2D eigenvalue weighted by atomic mass is 9.86. The van der Waals surface area contributed by atoms with E-state index < -0.39 is 24.0 Å². The van der Waals surface area contributed by atoms with Crippen LogP contribution in [0.3, 0.4) is 0 Å². The Kier molecular flexibility index (Phi) is 4.78. The van der Waals surface area contributed by atoms with Crippen LogP contribution in [0.4, 0.5) is 10.1 Å². The van der Waals surface area contributed by atoms with Gasteiger partial charge in [-0.1, -0.05) is 12.1 Å². The van der Waals surface area contributed by atoms with E-state index in [2.05, 4.69) is 0 Å². The van der Waals surface area contributed by atoms with E-state index in [1.807, 2.05) is 5.92 Å². The molecule has 1 aromatic carbocycles. The van der Waals surface area contributed by atoms with Crippen LogP contribution in [0.25, 0.3) is 0 Å². The highest BCUT2D eigenvalue weighted by molar-refractivity contribution is 6.11. The van der Waals surface area contributed by atoms with Gasteiger partial charge in [-0.25, -0.2) is 4.39 Å². The third-order valence-corrected chi connectivity index (χ3v) is 3.86. The topological polar surface area (TPSA) is 72.6 Å². The molecule has 0 aromatic heterocycles. The molecule has 0 atom stereocenters. The van der Waals surface area contributed by atoms with Crippen molar-refractivity contribution in [3.8, 4) is 12.3 Å². The molecule has 22 heavy (non-hydrogen) atoms. The highest BCUT2D eigenvalue weighted by Gasteiger charge is 2.46. The van der Waals surface area contributed by atoms with Crippen LogP contribution in [-0.4, -0.2) is 30.6 Å². The maximum atomic E-state index is 12.9. The number of primary amides is 1. The monoisotopic (exact) mass is 304 g/mol. The first kappa shape index (κ1) is 16.0. The number of benzene rings is 1. The quantitative estimate of drug-likeness (QED) is 0.848. The molecule has 2 amide bonds. The molecule has 0 bridgehead atoms. The van der Waals surface area contributed by atoms with Crippen molar-refractivity contribution in [3.63, 3.8) is 0 Å². The number of anilines is 1. The lowest BCUT2D eigenvalue weighted by Crippen LogP contribution is -2.62. The minimum Gasteiger partial charge on any atom is -0.381 e. The number of hydrogen-bond donors (Lipinski definition) is 1. The smallest absolute Gasteiger partial charge is 0.303 e. The summed E-state index contributed by atoms with van der Waals surface area (Å²) in [5.74, 6) is 0.691. The molecule has 5 nitrogen and oxygen atoms in total. The summed E-state index contributed by atoms with van der Waals surface area (Å²) in [5, 5.41) is 0. The number of halogens is 1. The zero-order chi connectivity index (χ0) is 16.2. The second-order valence-electron chi connectivity index (χ2n) is 5.10. The number of rotatable bonds is 4. The molecular weight excluding hydrogens is 287 g/mol. The van der Waals surface area contributed by atoms with E-state index in [-0.39, 0.29) is 12.8 Å². The first-order chi connectivity index (χ1) is 10.5. The van der Waals surface area contributed by atoms with Gasteiger partial charge in [-0.3, -0.25) is 14.5 Å². The molecule has 1 aliphatic heterocycles. The average molecular weight is 304 g/mol. The molecule has 2 N–H and O–H groups in total. The standard InChI is InChI=1S/C16H17FN2O3/c1-2-14(20)19(13-5-3-4-12(10-13)11-17)16(15(18)21)6-8-22-9-7-16/h1,3-5,10H,6-9,11H2,(H2,18,21). The van der Waals surface area contributed by atoms with Gasteiger partial charge in [0.1, 0.15) is 12.2 Å². The summed E-state index contributed by atoms with van der Waals surface area (Å²) in [6, 6.07) is 6.29. The first-order valence-corrected chi connectivity index (χ1v) is 6.88. The number of nitrogens with two attached hydrogens (primary N) is 1. The minimum atomic E-state index is -1.25. The van der Waals surface area contributed by atoms with E-state index in [0.717, 1.165) is 0 Å². The van der Waals surface area contributed by atoms with E-state index in [1.165, 1.54) is 11.0 Å². The van der Waals surface area contributed by atoms with Crippen LogP contribution < -0.4 is 10.6 Å². The summed E-state index contributed by atoms with van der Waals surface area (Å²) in [6.45, 7) is -0.0984. The van der Waals surface area contributed by atoms with Crippen molar-refractivity contribution in [2.75, 3.05) is 18.1 Å². The summed E-state index contributed by atoms with van der Waals surface area (Å²) in [5.41, 5.74) is 5.07. The van der Waals surface area contributed by atoms with E-state index in [4.69, 9.17) is 16.9 Å². The van der Waals surface area contributed by atoms with Crippen molar-refractivity contribution < 1.29 is 18.7 Å². The van der Waals surface area contributed by atoms with E-state index >= 15 is 0 Å². The maximum absolute atomic E-state index is 12.9. The summed E-state index contributed by atoms with van der Waals surface area (Å²) in [7, 11) is 0. The Morgan fingerprint density at radius 3 is 2.64 bits per heavy atom. The van der Waals surface area contributed by atoms with E-state index in [1.54, 1.807) is 18.2 Å². The van der Waals surface area contributed by atoms with Gasteiger partial charge in [-0.15, -0.1) is 6.42 Å². The Morgan fingerprint density at radius 1 is 1.41 bits per heavy atom. The minimum absolute atomic E-state index is 0.246. The second kappa shape index (κ2) is 6.58. The molecule has 2 rings (SSSR count). The van der Waals surface area contributed by atoms with Gasteiger partial charge in [-0.05, 0) is 23.6 Å². The van der Waals surface area contributed by atoms with Crippen LogP contribution in [0, 0.1) is 12.3 Å². The summed E-state index contributed by atoms with van der Waals surface area (Å²) < 4.78 is 18.2. The Hall–Kier alpha value is -2.39. The first-order valence-electron chi connectivity index (χ1n) is 6.88. The van der Waals surface area contributed by atoms with Crippen LogP contribution in [-0.2, 0) is 21.0 Å². The number of hydrogen-bond acceptors (Lipinski definition) is 3. The van der Waals surface area contributed by atoms with Crippen LogP contribution in [0.2, 0.25) is 0 Å². The average Bonchev–Trinajstić information content (AvgIpc) is 2.55. The highest BCUT2D eigenvalue weighted by Crippen LogP contribution is 2.33. The molecule has 0 spiro atoms. The fourth-order valence-corrected chi connectivity index (χ4v) is 2.69. The van der Waals surface area contributed by atoms with Gasteiger partial charge in [0, 0.05) is 31.7 Å². The highest BCUT2D eigenvalue weighted by atomic mass is 19.1. The maximum Gasteiger partial charge on any atom is 0.303 e. The predicted octanol–water partition coefficient (Wildman–Crippen LogP) is 1.16. The molecule has 0 saturated carbocycles. The molecule has 116 valence electrons. The van der Waals surface area contributed by atoms with Crippen LogP contribution >= 0.6 is 0 Å². The second-order valence-corrected chi connectivity index (χ2v) is 5.10. The van der Waals surface area contributed by atoms with Gasteiger partial charge in [-0.2, -0.15) is 0 Å². The molecule has 1 heterocycles. The number of nitrogens with zero attached hydrogens (tertiary/aromatic N) is 1. The number of carbonyl (C=O) groups is 2. The molecular formula is C16H17FN2O3. The van der Waals surface area contributed by atoms with E-state index in [0.29, 0.717) is 24.5 Å². The molecule has 0 unspecified atom stereocenters. The van der Waals surface area contributed by atoms with Crippen molar-refractivity contribution in [3.05, 3.63) is 29.8 Å². The van der Waals surface area contributed by atoms with Crippen molar-refractivity contribution in [1.29, 1.82) is 0 Å². The van der Waals surface area contributed by atoms with E-state index in [9.17, 15) is 14.0 Å². The van der Waals surface area contributed by atoms with Crippen molar-refractivity contribution in [2.45, 2.75) is 25.1 Å². The molecule has 0 radical (unpaired) electrons. The van der Waals surface area contributed by atoms with Gasteiger partial charge < -0.3 is 10.5 Å². The number of amides is 2.